The van der Waals surface area contributed by atoms with Gasteiger partial charge in [-0.3, -0.25) is 0 Å². The number of rotatable bonds is 6. The number of thioether (sulfide) groups is 1. The summed E-state index contributed by atoms with van der Waals surface area (Å²) in [6.45, 7) is 4.33. The molecule has 1 aromatic carbocycles. The second-order valence-electron chi connectivity index (χ2n) is 4.46. The lowest BCUT2D eigenvalue weighted by Crippen LogP contribution is -1.99. The van der Waals surface area contributed by atoms with Crippen LogP contribution in [0.4, 0.5) is 0 Å². The van der Waals surface area contributed by atoms with Crippen molar-refractivity contribution in [3.8, 4) is 11.4 Å². The molecule has 1 unspecified atom stereocenters. The van der Waals surface area contributed by atoms with Gasteiger partial charge in [-0.25, -0.2) is 0 Å². The second kappa shape index (κ2) is 6.73. The summed E-state index contributed by atoms with van der Waals surface area (Å²) in [5.41, 5.74) is 2.14. The highest BCUT2D eigenvalue weighted by molar-refractivity contribution is 7.99. The van der Waals surface area contributed by atoms with Crippen molar-refractivity contribution in [2.75, 3.05) is 6.61 Å². The Morgan fingerprint density at radius 3 is 2.89 bits per heavy atom. The summed E-state index contributed by atoms with van der Waals surface area (Å²) < 4.78 is 5.26. The van der Waals surface area contributed by atoms with E-state index in [9.17, 15) is 0 Å². The number of aliphatic hydroxyl groups excluding tert-OH is 1. The van der Waals surface area contributed by atoms with Crippen LogP contribution in [0.15, 0.2) is 28.8 Å². The van der Waals surface area contributed by atoms with Crippen LogP contribution in [0.2, 0.25) is 0 Å². The van der Waals surface area contributed by atoms with E-state index in [1.807, 2.05) is 31.2 Å². The van der Waals surface area contributed by atoms with Crippen LogP contribution in [0, 0.1) is 6.92 Å². The van der Waals surface area contributed by atoms with Gasteiger partial charge in [-0.15, -0.1) is 11.8 Å². The third-order valence-electron chi connectivity index (χ3n) is 2.88. The Bertz CT molecular complexity index is 528. The summed E-state index contributed by atoms with van der Waals surface area (Å²) in [7, 11) is 0. The Balaban J connectivity index is 2.02. The normalized spacial score (nSPS) is 12.6. The first-order valence-electron chi connectivity index (χ1n) is 6.31. The van der Waals surface area contributed by atoms with Crippen molar-refractivity contribution < 1.29 is 9.63 Å². The third kappa shape index (κ3) is 3.81. The van der Waals surface area contributed by atoms with Crippen LogP contribution in [0.3, 0.4) is 0 Å². The minimum atomic E-state index is 0.215. The third-order valence-corrected chi connectivity index (χ3v) is 4.10. The van der Waals surface area contributed by atoms with Crippen LogP contribution in [0.5, 0.6) is 0 Å². The Kier molecular flexibility index (Phi) is 4.99. The standard InChI is InChI=1S/C14H18N2O2S/c1-10-5-3-4-6-12(10)14-15-13(18-16-14)9-19-11(2)7-8-17/h3-6,11,17H,7-9H2,1-2H3. The molecule has 0 amide bonds. The topological polar surface area (TPSA) is 59.2 Å². The van der Waals surface area contributed by atoms with Crippen LogP contribution >= 0.6 is 11.8 Å². The molecule has 2 rings (SSSR count). The first-order chi connectivity index (χ1) is 9.20. The predicted molar refractivity (Wildman–Crippen MR) is 76.9 cm³/mol. The molecule has 0 bridgehead atoms. The maximum absolute atomic E-state index is 8.85. The summed E-state index contributed by atoms with van der Waals surface area (Å²) in [5, 5.41) is 13.3. The Hall–Kier alpha value is -1.33. The molecule has 0 saturated heterocycles. The number of aliphatic hydroxyl groups is 1. The number of aryl methyl sites for hydroxylation is 1. The number of aromatic nitrogens is 2. The largest absolute Gasteiger partial charge is 0.396 e. The van der Waals surface area contributed by atoms with Gasteiger partial charge in [0.1, 0.15) is 0 Å². The molecule has 0 aliphatic heterocycles. The Labute approximate surface area is 117 Å². The summed E-state index contributed by atoms with van der Waals surface area (Å²) >= 11 is 1.71. The lowest BCUT2D eigenvalue weighted by atomic mass is 10.1. The SMILES string of the molecule is Cc1ccccc1-c1noc(CSC(C)CCO)n1. The molecule has 5 heteroatoms. The molecular weight excluding hydrogens is 260 g/mol. The van der Waals surface area contributed by atoms with Crippen molar-refractivity contribution >= 4 is 11.8 Å². The van der Waals surface area contributed by atoms with Gasteiger partial charge in [-0.1, -0.05) is 36.3 Å². The molecule has 0 radical (unpaired) electrons. The summed E-state index contributed by atoms with van der Waals surface area (Å²) in [5.74, 6) is 1.96. The first-order valence-corrected chi connectivity index (χ1v) is 7.36. The summed E-state index contributed by atoms with van der Waals surface area (Å²) in [6.07, 6.45) is 0.781. The van der Waals surface area contributed by atoms with Crippen LogP contribution in [0.1, 0.15) is 24.8 Å². The number of hydrogen-bond acceptors (Lipinski definition) is 5. The van der Waals surface area contributed by atoms with Crippen molar-refractivity contribution in [1.82, 2.24) is 10.1 Å². The lowest BCUT2D eigenvalue weighted by Gasteiger charge is -2.06. The summed E-state index contributed by atoms with van der Waals surface area (Å²) in [6, 6.07) is 7.98. The molecule has 1 atom stereocenters. The van der Waals surface area contributed by atoms with Gasteiger partial charge in [0.15, 0.2) is 0 Å². The van der Waals surface area contributed by atoms with Gasteiger partial charge < -0.3 is 9.63 Å². The zero-order chi connectivity index (χ0) is 13.7. The number of nitrogens with zero attached hydrogens (tertiary/aromatic N) is 2. The van der Waals surface area contributed by atoms with Crippen molar-refractivity contribution in [1.29, 1.82) is 0 Å². The molecular formula is C14H18N2O2S. The molecule has 2 aromatic rings. The first kappa shape index (κ1) is 14.1. The van der Waals surface area contributed by atoms with E-state index >= 15 is 0 Å². The highest BCUT2D eigenvalue weighted by atomic mass is 32.2. The van der Waals surface area contributed by atoms with E-state index in [0.717, 1.165) is 17.5 Å². The van der Waals surface area contributed by atoms with E-state index in [4.69, 9.17) is 9.63 Å². The number of benzene rings is 1. The predicted octanol–water partition coefficient (Wildman–Crippen LogP) is 3.05. The van der Waals surface area contributed by atoms with Gasteiger partial charge in [0.2, 0.25) is 11.7 Å². The van der Waals surface area contributed by atoms with Gasteiger partial charge in [-0.05, 0) is 18.9 Å². The van der Waals surface area contributed by atoms with Crippen molar-refractivity contribution in [2.45, 2.75) is 31.3 Å². The van der Waals surface area contributed by atoms with E-state index in [-0.39, 0.29) is 6.61 Å². The maximum Gasteiger partial charge on any atom is 0.236 e. The van der Waals surface area contributed by atoms with E-state index in [1.165, 1.54) is 0 Å². The molecule has 0 aliphatic carbocycles. The molecule has 1 aromatic heterocycles. The van der Waals surface area contributed by atoms with Gasteiger partial charge in [0.05, 0.1) is 5.75 Å². The van der Waals surface area contributed by atoms with Crippen LogP contribution in [0.25, 0.3) is 11.4 Å². The van der Waals surface area contributed by atoms with Gasteiger partial charge in [0.25, 0.3) is 0 Å². The second-order valence-corrected chi connectivity index (χ2v) is 5.89. The van der Waals surface area contributed by atoms with Crippen LogP contribution in [-0.4, -0.2) is 27.1 Å². The monoisotopic (exact) mass is 278 g/mol. The highest BCUT2D eigenvalue weighted by Gasteiger charge is 2.11. The highest BCUT2D eigenvalue weighted by Crippen LogP contribution is 2.23. The van der Waals surface area contributed by atoms with Gasteiger partial charge in [-0.2, -0.15) is 4.98 Å². The van der Waals surface area contributed by atoms with E-state index in [2.05, 4.69) is 17.1 Å². The fourth-order valence-corrected chi connectivity index (χ4v) is 2.54. The van der Waals surface area contributed by atoms with E-state index in [0.29, 0.717) is 22.7 Å². The molecule has 1 heterocycles. The molecule has 102 valence electrons. The van der Waals surface area contributed by atoms with Crippen molar-refractivity contribution in [3.63, 3.8) is 0 Å². The molecule has 0 fully saturated rings. The van der Waals surface area contributed by atoms with Gasteiger partial charge in [0, 0.05) is 17.4 Å². The van der Waals surface area contributed by atoms with Crippen LogP contribution < -0.4 is 0 Å². The molecule has 0 saturated carbocycles. The molecule has 4 nitrogen and oxygen atoms in total. The van der Waals surface area contributed by atoms with E-state index in [1.54, 1.807) is 11.8 Å². The maximum atomic E-state index is 8.85. The average Bonchev–Trinajstić information content (AvgIpc) is 2.86. The lowest BCUT2D eigenvalue weighted by molar-refractivity contribution is 0.289. The fourth-order valence-electron chi connectivity index (χ4n) is 1.73. The number of hydrogen-bond donors (Lipinski definition) is 1. The molecule has 0 spiro atoms. The molecule has 0 aliphatic rings. The minimum Gasteiger partial charge on any atom is -0.396 e. The Morgan fingerprint density at radius 2 is 2.16 bits per heavy atom. The average molecular weight is 278 g/mol. The van der Waals surface area contributed by atoms with E-state index < -0.39 is 0 Å². The summed E-state index contributed by atoms with van der Waals surface area (Å²) in [4.78, 5) is 4.41. The smallest absolute Gasteiger partial charge is 0.236 e. The molecule has 19 heavy (non-hydrogen) atoms. The molecule has 1 N–H and O–H groups in total. The quantitative estimate of drug-likeness (QED) is 0.880. The zero-order valence-electron chi connectivity index (χ0n) is 11.2. The van der Waals surface area contributed by atoms with Crippen molar-refractivity contribution in [2.24, 2.45) is 0 Å². The minimum absolute atomic E-state index is 0.215. The van der Waals surface area contributed by atoms with Crippen molar-refractivity contribution in [3.05, 3.63) is 35.7 Å². The Morgan fingerprint density at radius 1 is 1.37 bits per heavy atom. The zero-order valence-corrected chi connectivity index (χ0v) is 12.0. The van der Waals surface area contributed by atoms with Gasteiger partial charge >= 0.3 is 0 Å². The van der Waals surface area contributed by atoms with Crippen LogP contribution in [-0.2, 0) is 5.75 Å². The fraction of sp³-hybridized carbons (Fsp3) is 0.429.